The largest absolute Gasteiger partial charge is 0.495 e. The molecule has 0 saturated carbocycles. The molecule has 2 aromatic rings. The second kappa shape index (κ2) is 10.1. The Morgan fingerprint density at radius 3 is 2.52 bits per heavy atom. The zero-order chi connectivity index (χ0) is 22.4. The van der Waals surface area contributed by atoms with Crippen molar-refractivity contribution in [2.75, 3.05) is 51.3 Å². The van der Waals surface area contributed by atoms with Gasteiger partial charge in [0.25, 0.3) is 5.69 Å². The van der Waals surface area contributed by atoms with Crippen LogP contribution in [0.1, 0.15) is 12.0 Å². The monoisotopic (exact) mass is 448 g/mol. The van der Waals surface area contributed by atoms with Crippen LogP contribution in [0.5, 0.6) is 5.75 Å². The predicted octanol–water partition coefficient (Wildman–Crippen LogP) is 2.40. The number of piperazine rings is 1. The third-order valence-corrected chi connectivity index (χ3v) is 6.81. The number of hydrogen-bond acceptors (Lipinski definition) is 7. The third kappa shape index (κ3) is 5.93. The number of anilines is 1. The number of sulfonamides is 1. The first-order valence-electron chi connectivity index (χ1n) is 10.2. The summed E-state index contributed by atoms with van der Waals surface area (Å²) < 4.78 is 32.9. The molecule has 9 nitrogen and oxygen atoms in total. The van der Waals surface area contributed by atoms with E-state index in [4.69, 9.17) is 4.74 Å². The number of benzene rings is 2. The molecule has 0 amide bonds. The van der Waals surface area contributed by atoms with Crippen molar-refractivity contribution in [1.29, 1.82) is 0 Å². The molecule has 0 atom stereocenters. The lowest BCUT2D eigenvalue weighted by atomic mass is 10.2. The van der Waals surface area contributed by atoms with Crippen LogP contribution in [0, 0.1) is 17.0 Å². The lowest BCUT2D eigenvalue weighted by molar-refractivity contribution is -0.385. The summed E-state index contributed by atoms with van der Waals surface area (Å²) >= 11 is 0. The molecular formula is C21H28N4O5S. The van der Waals surface area contributed by atoms with Gasteiger partial charge in [0.15, 0.2) is 0 Å². The molecule has 0 bridgehead atoms. The highest BCUT2D eigenvalue weighted by Crippen LogP contribution is 2.28. The minimum Gasteiger partial charge on any atom is -0.495 e. The quantitative estimate of drug-likeness (QED) is 0.357. The van der Waals surface area contributed by atoms with Crippen LogP contribution in [0.3, 0.4) is 0 Å². The Kier molecular flexibility index (Phi) is 7.47. The van der Waals surface area contributed by atoms with Gasteiger partial charge in [0, 0.05) is 50.5 Å². The van der Waals surface area contributed by atoms with E-state index in [-0.39, 0.29) is 22.9 Å². The topological polar surface area (TPSA) is 105 Å². The van der Waals surface area contributed by atoms with Crippen LogP contribution in [0.15, 0.2) is 47.4 Å². The first-order valence-corrected chi connectivity index (χ1v) is 11.6. The van der Waals surface area contributed by atoms with E-state index >= 15 is 0 Å². The smallest absolute Gasteiger partial charge is 0.271 e. The number of nitrogens with one attached hydrogen (secondary N) is 1. The summed E-state index contributed by atoms with van der Waals surface area (Å²) in [7, 11) is -2.59. The SMILES string of the molecule is COc1ccc([N+](=O)[O-])cc1S(=O)(=O)NCCCN1CCN(c2cccc(C)c2)CC1. The number of nitrogens with zero attached hydrogens (tertiary/aromatic N) is 3. The molecule has 1 heterocycles. The molecule has 1 fully saturated rings. The molecule has 2 aromatic carbocycles. The maximum Gasteiger partial charge on any atom is 0.271 e. The number of rotatable bonds is 9. The summed E-state index contributed by atoms with van der Waals surface area (Å²) in [4.78, 5) is 14.8. The van der Waals surface area contributed by atoms with Crippen LogP contribution >= 0.6 is 0 Å². The van der Waals surface area contributed by atoms with Crippen molar-refractivity contribution < 1.29 is 18.1 Å². The molecule has 0 radical (unpaired) electrons. The normalized spacial score (nSPS) is 15.1. The number of ether oxygens (including phenoxy) is 1. The lowest BCUT2D eigenvalue weighted by Crippen LogP contribution is -2.47. The minimum absolute atomic E-state index is 0.0744. The van der Waals surface area contributed by atoms with Gasteiger partial charge < -0.3 is 9.64 Å². The molecule has 0 unspecified atom stereocenters. The highest BCUT2D eigenvalue weighted by molar-refractivity contribution is 7.89. The number of non-ortho nitro benzene ring substituents is 1. The fraction of sp³-hybridized carbons (Fsp3) is 0.429. The van der Waals surface area contributed by atoms with Gasteiger partial charge in [0.05, 0.1) is 12.0 Å². The lowest BCUT2D eigenvalue weighted by Gasteiger charge is -2.36. The Hall–Kier alpha value is -2.69. The van der Waals surface area contributed by atoms with E-state index in [9.17, 15) is 18.5 Å². The van der Waals surface area contributed by atoms with Crippen LogP contribution < -0.4 is 14.4 Å². The van der Waals surface area contributed by atoms with E-state index in [0.29, 0.717) is 6.42 Å². The number of nitro benzene ring substituents is 1. The van der Waals surface area contributed by atoms with Crippen LogP contribution in [0.2, 0.25) is 0 Å². The molecule has 3 rings (SSSR count). The fourth-order valence-corrected chi connectivity index (χ4v) is 4.89. The Morgan fingerprint density at radius 1 is 1.13 bits per heavy atom. The summed E-state index contributed by atoms with van der Waals surface area (Å²) in [6, 6.07) is 12.0. The summed E-state index contributed by atoms with van der Waals surface area (Å²) in [5, 5.41) is 11.0. The molecule has 1 aliphatic rings. The number of methoxy groups -OCH3 is 1. The van der Waals surface area contributed by atoms with Crippen LogP contribution in [-0.4, -0.2) is 64.6 Å². The van der Waals surface area contributed by atoms with E-state index in [2.05, 4.69) is 45.7 Å². The maximum atomic E-state index is 12.6. The van der Waals surface area contributed by atoms with Crippen LogP contribution in [0.25, 0.3) is 0 Å². The van der Waals surface area contributed by atoms with Gasteiger partial charge in [0.1, 0.15) is 10.6 Å². The van der Waals surface area contributed by atoms with Crippen molar-refractivity contribution in [2.24, 2.45) is 0 Å². The molecule has 10 heteroatoms. The van der Waals surface area contributed by atoms with Crippen molar-refractivity contribution in [3.63, 3.8) is 0 Å². The Balaban J connectivity index is 1.49. The van der Waals surface area contributed by atoms with E-state index < -0.39 is 14.9 Å². The fourth-order valence-electron chi connectivity index (χ4n) is 3.63. The number of aryl methyl sites for hydroxylation is 1. The second-order valence-electron chi connectivity index (χ2n) is 7.51. The van der Waals surface area contributed by atoms with Crippen molar-refractivity contribution >= 4 is 21.4 Å². The van der Waals surface area contributed by atoms with E-state index in [1.54, 1.807) is 0 Å². The molecule has 31 heavy (non-hydrogen) atoms. The second-order valence-corrected chi connectivity index (χ2v) is 9.25. The Bertz CT molecular complexity index is 1020. The summed E-state index contributed by atoms with van der Waals surface area (Å²) in [5.41, 5.74) is 2.18. The van der Waals surface area contributed by atoms with Gasteiger partial charge in [-0.15, -0.1) is 0 Å². The third-order valence-electron chi connectivity index (χ3n) is 5.33. The van der Waals surface area contributed by atoms with Crippen molar-refractivity contribution in [2.45, 2.75) is 18.2 Å². The first kappa shape index (κ1) is 23.0. The minimum atomic E-state index is -3.92. The van der Waals surface area contributed by atoms with E-state index in [1.807, 2.05) is 0 Å². The average molecular weight is 449 g/mol. The molecule has 0 aliphatic carbocycles. The van der Waals surface area contributed by atoms with Crippen LogP contribution in [-0.2, 0) is 10.0 Å². The Morgan fingerprint density at radius 2 is 1.87 bits per heavy atom. The molecule has 1 saturated heterocycles. The summed E-state index contributed by atoms with van der Waals surface area (Å²) in [6.07, 6.45) is 0.640. The molecule has 0 aromatic heterocycles. The number of hydrogen-bond donors (Lipinski definition) is 1. The van der Waals surface area contributed by atoms with Crippen molar-refractivity contribution in [3.8, 4) is 5.75 Å². The van der Waals surface area contributed by atoms with Gasteiger partial charge in [-0.1, -0.05) is 12.1 Å². The highest BCUT2D eigenvalue weighted by Gasteiger charge is 2.23. The highest BCUT2D eigenvalue weighted by atomic mass is 32.2. The Labute approximate surface area is 182 Å². The van der Waals surface area contributed by atoms with Crippen LogP contribution in [0.4, 0.5) is 11.4 Å². The molecular weight excluding hydrogens is 420 g/mol. The molecule has 0 spiro atoms. The standard InChI is InChI=1S/C21H28N4O5S/c1-17-5-3-6-18(15-17)24-13-11-23(12-14-24)10-4-9-22-31(28,29)21-16-19(25(26)27)7-8-20(21)30-2/h3,5-8,15-16,22H,4,9-14H2,1-2H3. The zero-order valence-corrected chi connectivity index (χ0v) is 18.6. The maximum absolute atomic E-state index is 12.6. The summed E-state index contributed by atoms with van der Waals surface area (Å²) in [6.45, 7) is 6.80. The van der Waals surface area contributed by atoms with Crippen molar-refractivity contribution in [3.05, 3.63) is 58.1 Å². The average Bonchev–Trinajstić information content (AvgIpc) is 2.76. The molecule has 168 valence electrons. The zero-order valence-electron chi connectivity index (χ0n) is 17.8. The van der Waals surface area contributed by atoms with Gasteiger partial charge in [0.2, 0.25) is 10.0 Å². The first-order chi connectivity index (χ1) is 14.8. The van der Waals surface area contributed by atoms with Gasteiger partial charge in [-0.05, 0) is 43.7 Å². The van der Waals surface area contributed by atoms with Gasteiger partial charge >= 0.3 is 0 Å². The molecule has 1 N–H and O–H groups in total. The van der Waals surface area contributed by atoms with Gasteiger partial charge in [-0.3, -0.25) is 15.0 Å². The molecule has 1 aliphatic heterocycles. The number of nitro groups is 1. The van der Waals surface area contributed by atoms with Gasteiger partial charge in [-0.25, -0.2) is 13.1 Å². The van der Waals surface area contributed by atoms with Crippen molar-refractivity contribution in [1.82, 2.24) is 9.62 Å². The van der Waals surface area contributed by atoms with Gasteiger partial charge in [-0.2, -0.15) is 0 Å². The summed E-state index contributed by atoms with van der Waals surface area (Å²) in [5.74, 6) is 0.0744. The van der Waals surface area contributed by atoms with E-state index in [1.165, 1.54) is 30.5 Å². The van der Waals surface area contributed by atoms with E-state index in [0.717, 1.165) is 38.8 Å². The predicted molar refractivity (Wildman–Crippen MR) is 119 cm³/mol.